The van der Waals surface area contributed by atoms with Gasteiger partial charge >= 0.3 is 0 Å². The predicted octanol–water partition coefficient (Wildman–Crippen LogP) is 3.56. The Morgan fingerprint density at radius 3 is 2.67 bits per heavy atom. The number of nitrogens with zero attached hydrogens (tertiary/aromatic N) is 2. The molecule has 2 aromatic carbocycles. The number of amides is 1. The van der Waals surface area contributed by atoms with Crippen molar-refractivity contribution in [1.82, 2.24) is 9.80 Å². The van der Waals surface area contributed by atoms with Gasteiger partial charge in [0, 0.05) is 38.8 Å². The van der Waals surface area contributed by atoms with Crippen LogP contribution in [0.4, 0.5) is 0 Å². The second kappa shape index (κ2) is 9.22. The zero-order valence-electron chi connectivity index (χ0n) is 17.5. The van der Waals surface area contributed by atoms with Gasteiger partial charge in [-0.15, -0.1) is 0 Å². The molecule has 1 saturated heterocycles. The van der Waals surface area contributed by atoms with E-state index in [-0.39, 0.29) is 12.0 Å². The van der Waals surface area contributed by atoms with E-state index in [0.29, 0.717) is 6.79 Å². The highest BCUT2D eigenvalue weighted by atomic mass is 16.7. The van der Waals surface area contributed by atoms with Gasteiger partial charge in [0.1, 0.15) is 5.75 Å². The molecule has 6 heteroatoms. The highest BCUT2D eigenvalue weighted by Gasteiger charge is 2.20. The maximum absolute atomic E-state index is 12.6. The molecule has 0 bridgehead atoms. The van der Waals surface area contributed by atoms with Crippen LogP contribution in [-0.2, 0) is 11.3 Å². The third kappa shape index (κ3) is 5.13. The van der Waals surface area contributed by atoms with E-state index in [1.54, 1.807) is 6.08 Å². The van der Waals surface area contributed by atoms with E-state index in [1.807, 2.05) is 61.2 Å². The van der Waals surface area contributed by atoms with Crippen LogP contribution in [0.2, 0.25) is 0 Å². The van der Waals surface area contributed by atoms with Crippen LogP contribution in [0, 0.1) is 0 Å². The van der Waals surface area contributed by atoms with Gasteiger partial charge in [-0.3, -0.25) is 9.69 Å². The third-order valence-electron chi connectivity index (χ3n) is 5.18. The maximum atomic E-state index is 12.6. The number of carbonyl (C=O) groups excluding carboxylic acids is 1. The lowest BCUT2D eigenvalue weighted by Crippen LogP contribution is -2.47. The lowest BCUT2D eigenvalue weighted by Gasteiger charge is -2.34. The highest BCUT2D eigenvalue weighted by molar-refractivity contribution is 5.91. The number of ether oxygens (including phenoxy) is 3. The summed E-state index contributed by atoms with van der Waals surface area (Å²) in [5.41, 5.74) is 2.16. The van der Waals surface area contributed by atoms with E-state index in [2.05, 4.69) is 11.0 Å². The number of carbonyl (C=O) groups is 1. The molecule has 2 aromatic rings. The van der Waals surface area contributed by atoms with Crippen molar-refractivity contribution in [1.29, 1.82) is 0 Å². The number of rotatable bonds is 6. The number of benzene rings is 2. The topological polar surface area (TPSA) is 51.2 Å². The molecule has 2 heterocycles. The van der Waals surface area contributed by atoms with E-state index in [9.17, 15) is 4.79 Å². The Balaban J connectivity index is 1.27. The van der Waals surface area contributed by atoms with Gasteiger partial charge in [0.2, 0.25) is 12.7 Å². The molecule has 30 heavy (non-hydrogen) atoms. The lowest BCUT2D eigenvalue weighted by atomic mass is 10.1. The lowest BCUT2D eigenvalue weighted by molar-refractivity contribution is -0.127. The molecule has 158 valence electrons. The summed E-state index contributed by atoms with van der Waals surface area (Å²) in [5.74, 6) is 2.49. The molecule has 0 atom stereocenters. The first-order valence-electron chi connectivity index (χ1n) is 10.4. The van der Waals surface area contributed by atoms with E-state index >= 15 is 0 Å². The van der Waals surface area contributed by atoms with Crippen LogP contribution in [0.25, 0.3) is 6.08 Å². The van der Waals surface area contributed by atoms with Gasteiger partial charge in [-0.1, -0.05) is 18.2 Å². The Hall–Kier alpha value is -2.99. The van der Waals surface area contributed by atoms with E-state index < -0.39 is 0 Å². The summed E-state index contributed by atoms with van der Waals surface area (Å²) in [6.07, 6.45) is 3.64. The molecular weight excluding hydrogens is 380 g/mol. The van der Waals surface area contributed by atoms with Crippen LogP contribution in [0.15, 0.2) is 48.5 Å². The minimum absolute atomic E-state index is 0.0490. The van der Waals surface area contributed by atoms with Crippen LogP contribution in [0.1, 0.15) is 25.0 Å². The second-order valence-electron chi connectivity index (χ2n) is 7.86. The van der Waals surface area contributed by atoms with Gasteiger partial charge < -0.3 is 19.1 Å². The Labute approximate surface area is 177 Å². The van der Waals surface area contributed by atoms with Crippen LogP contribution < -0.4 is 14.2 Å². The Morgan fingerprint density at radius 2 is 1.87 bits per heavy atom. The quantitative estimate of drug-likeness (QED) is 0.684. The Morgan fingerprint density at radius 1 is 1.07 bits per heavy atom. The molecule has 1 amide bonds. The maximum Gasteiger partial charge on any atom is 0.246 e. The minimum Gasteiger partial charge on any atom is -0.491 e. The van der Waals surface area contributed by atoms with Crippen LogP contribution >= 0.6 is 0 Å². The molecular formula is C24H28N2O4. The SMILES string of the molecule is CC(C)Oc1cccc(/C=C/C(=O)N2CCN(Cc3ccc4c(c3)OCO4)CC2)c1. The molecule has 0 radical (unpaired) electrons. The first-order valence-corrected chi connectivity index (χ1v) is 10.4. The molecule has 2 aliphatic rings. The highest BCUT2D eigenvalue weighted by Crippen LogP contribution is 2.32. The van der Waals surface area contributed by atoms with Crippen molar-refractivity contribution < 1.29 is 19.0 Å². The first-order chi connectivity index (χ1) is 14.6. The van der Waals surface area contributed by atoms with E-state index in [0.717, 1.165) is 55.5 Å². The number of hydrogen-bond acceptors (Lipinski definition) is 5. The van der Waals surface area contributed by atoms with E-state index in [1.165, 1.54) is 5.56 Å². The molecule has 0 spiro atoms. The fourth-order valence-electron chi connectivity index (χ4n) is 3.66. The number of fused-ring (bicyclic) bond motifs is 1. The van der Waals surface area contributed by atoms with Gasteiger partial charge in [-0.05, 0) is 55.3 Å². The van der Waals surface area contributed by atoms with Crippen molar-refractivity contribution in [2.75, 3.05) is 33.0 Å². The van der Waals surface area contributed by atoms with Crippen molar-refractivity contribution in [2.45, 2.75) is 26.5 Å². The molecule has 0 N–H and O–H groups in total. The van der Waals surface area contributed by atoms with Gasteiger partial charge in [0.15, 0.2) is 11.5 Å². The summed E-state index contributed by atoms with van der Waals surface area (Å²) in [4.78, 5) is 16.8. The van der Waals surface area contributed by atoms with E-state index in [4.69, 9.17) is 14.2 Å². The third-order valence-corrected chi connectivity index (χ3v) is 5.18. The summed E-state index contributed by atoms with van der Waals surface area (Å²) in [7, 11) is 0. The smallest absolute Gasteiger partial charge is 0.246 e. The predicted molar refractivity (Wildman–Crippen MR) is 116 cm³/mol. The Bertz CT molecular complexity index is 917. The molecule has 1 fully saturated rings. The van der Waals surface area contributed by atoms with Crippen LogP contribution in [0.3, 0.4) is 0 Å². The average molecular weight is 408 g/mol. The Kier molecular flexibility index (Phi) is 6.23. The molecule has 4 rings (SSSR count). The summed E-state index contributed by atoms with van der Waals surface area (Å²) >= 11 is 0. The van der Waals surface area contributed by atoms with Crippen molar-refractivity contribution in [3.63, 3.8) is 0 Å². The average Bonchev–Trinajstić information content (AvgIpc) is 3.20. The molecule has 0 aromatic heterocycles. The molecule has 6 nitrogen and oxygen atoms in total. The van der Waals surface area contributed by atoms with Crippen molar-refractivity contribution in [3.8, 4) is 17.2 Å². The zero-order chi connectivity index (χ0) is 20.9. The fraction of sp³-hybridized carbons (Fsp3) is 0.375. The van der Waals surface area contributed by atoms with Gasteiger partial charge in [0.25, 0.3) is 0 Å². The van der Waals surface area contributed by atoms with Gasteiger partial charge in [-0.25, -0.2) is 0 Å². The second-order valence-corrected chi connectivity index (χ2v) is 7.86. The van der Waals surface area contributed by atoms with Gasteiger partial charge in [0.05, 0.1) is 6.10 Å². The number of hydrogen-bond donors (Lipinski definition) is 0. The summed E-state index contributed by atoms with van der Waals surface area (Å²) in [5, 5.41) is 0. The minimum atomic E-state index is 0.0490. The van der Waals surface area contributed by atoms with Crippen molar-refractivity contribution in [2.24, 2.45) is 0 Å². The molecule has 2 aliphatic heterocycles. The fourth-order valence-corrected chi connectivity index (χ4v) is 3.66. The van der Waals surface area contributed by atoms with Crippen molar-refractivity contribution >= 4 is 12.0 Å². The zero-order valence-corrected chi connectivity index (χ0v) is 17.5. The van der Waals surface area contributed by atoms with Crippen molar-refractivity contribution in [3.05, 3.63) is 59.7 Å². The molecule has 0 saturated carbocycles. The monoisotopic (exact) mass is 408 g/mol. The summed E-state index contributed by atoms with van der Waals surface area (Å²) in [6, 6.07) is 13.9. The first kappa shape index (κ1) is 20.3. The summed E-state index contributed by atoms with van der Waals surface area (Å²) < 4.78 is 16.5. The largest absolute Gasteiger partial charge is 0.491 e. The van der Waals surface area contributed by atoms with Crippen LogP contribution in [-0.4, -0.2) is 54.8 Å². The molecule has 0 unspecified atom stereocenters. The van der Waals surface area contributed by atoms with Crippen LogP contribution in [0.5, 0.6) is 17.2 Å². The summed E-state index contributed by atoms with van der Waals surface area (Å²) in [6.45, 7) is 8.29. The standard InChI is InChI=1S/C24H28N2O4/c1-18(2)30-21-5-3-4-19(14-21)7-9-24(27)26-12-10-25(11-13-26)16-20-6-8-22-23(15-20)29-17-28-22/h3-9,14-15,18H,10-13,16-17H2,1-2H3/b9-7+. The molecule has 0 aliphatic carbocycles. The van der Waals surface area contributed by atoms with Gasteiger partial charge in [-0.2, -0.15) is 0 Å². The number of piperazine rings is 1. The normalized spacial score (nSPS) is 16.4.